The van der Waals surface area contributed by atoms with Crippen molar-refractivity contribution in [3.05, 3.63) is 59.4 Å². The number of aromatic nitrogens is 1. The van der Waals surface area contributed by atoms with E-state index in [1.165, 1.54) is 22.4 Å². The molecule has 0 saturated carbocycles. The summed E-state index contributed by atoms with van der Waals surface area (Å²) in [5, 5.41) is 0. The van der Waals surface area contributed by atoms with Gasteiger partial charge in [-0.1, -0.05) is 6.07 Å². The number of rotatable bonds is 3. The van der Waals surface area contributed by atoms with Crippen molar-refractivity contribution in [1.29, 1.82) is 0 Å². The summed E-state index contributed by atoms with van der Waals surface area (Å²) in [5.74, 6) is 0. The molecule has 2 heterocycles. The summed E-state index contributed by atoms with van der Waals surface area (Å²) in [6.07, 6.45) is 3.75. The molecule has 21 heavy (non-hydrogen) atoms. The summed E-state index contributed by atoms with van der Waals surface area (Å²) in [6, 6.07) is 11.0. The largest absolute Gasteiger partial charge is 0.369 e. The third kappa shape index (κ3) is 3.61. The average Bonchev–Trinajstić information content (AvgIpc) is 2.48. The van der Waals surface area contributed by atoms with Crippen molar-refractivity contribution < 1.29 is 0 Å². The first-order valence-electron chi connectivity index (χ1n) is 7.65. The maximum Gasteiger partial charge on any atom is 0.0372 e. The van der Waals surface area contributed by atoms with E-state index in [4.69, 9.17) is 0 Å². The minimum Gasteiger partial charge on any atom is -0.369 e. The maximum atomic E-state index is 4.08. The van der Waals surface area contributed by atoms with E-state index < -0.39 is 0 Å². The lowest BCUT2D eigenvalue weighted by atomic mass is 10.1. The molecule has 1 aromatic carbocycles. The molecule has 0 amide bonds. The topological polar surface area (TPSA) is 19.4 Å². The van der Waals surface area contributed by atoms with Crippen LogP contribution in [0.4, 0.5) is 5.69 Å². The predicted octanol–water partition coefficient (Wildman–Crippen LogP) is 3.02. The lowest BCUT2D eigenvalue weighted by Gasteiger charge is -2.36. The second-order valence-corrected chi connectivity index (χ2v) is 5.96. The molecular formula is C18H23N3. The third-order valence-corrected chi connectivity index (χ3v) is 4.10. The quantitative estimate of drug-likeness (QED) is 0.862. The van der Waals surface area contributed by atoms with Gasteiger partial charge in [0.25, 0.3) is 0 Å². The van der Waals surface area contributed by atoms with E-state index in [-0.39, 0.29) is 0 Å². The highest BCUT2D eigenvalue weighted by Crippen LogP contribution is 2.20. The van der Waals surface area contributed by atoms with Crippen LogP contribution in [0.25, 0.3) is 0 Å². The lowest BCUT2D eigenvalue weighted by molar-refractivity contribution is 0.250. The molecule has 0 radical (unpaired) electrons. The van der Waals surface area contributed by atoms with Crippen molar-refractivity contribution in [3.63, 3.8) is 0 Å². The number of aryl methyl sites for hydroxylation is 2. The Labute approximate surface area is 127 Å². The Morgan fingerprint density at radius 2 is 1.52 bits per heavy atom. The summed E-state index contributed by atoms with van der Waals surface area (Å²) in [4.78, 5) is 9.11. The van der Waals surface area contributed by atoms with Crippen molar-refractivity contribution in [3.8, 4) is 0 Å². The number of benzene rings is 1. The van der Waals surface area contributed by atoms with Crippen LogP contribution in [0.2, 0.25) is 0 Å². The van der Waals surface area contributed by atoms with E-state index in [9.17, 15) is 0 Å². The van der Waals surface area contributed by atoms with Crippen LogP contribution < -0.4 is 4.90 Å². The smallest absolute Gasteiger partial charge is 0.0372 e. The molecule has 2 aromatic rings. The maximum absolute atomic E-state index is 4.08. The minimum absolute atomic E-state index is 1.03. The molecule has 3 heteroatoms. The van der Waals surface area contributed by atoms with Crippen LogP contribution >= 0.6 is 0 Å². The zero-order chi connectivity index (χ0) is 14.7. The fourth-order valence-electron chi connectivity index (χ4n) is 3.04. The molecule has 0 aliphatic carbocycles. The van der Waals surface area contributed by atoms with Crippen LogP contribution in [0.15, 0.2) is 42.7 Å². The molecule has 3 rings (SSSR count). The molecule has 1 aliphatic heterocycles. The second-order valence-electron chi connectivity index (χ2n) is 5.96. The van der Waals surface area contributed by atoms with Gasteiger partial charge in [0.2, 0.25) is 0 Å². The third-order valence-electron chi connectivity index (χ3n) is 4.10. The Balaban J connectivity index is 1.60. The molecule has 1 aliphatic rings. The van der Waals surface area contributed by atoms with E-state index in [2.05, 4.69) is 59.0 Å². The van der Waals surface area contributed by atoms with Crippen molar-refractivity contribution in [1.82, 2.24) is 9.88 Å². The Morgan fingerprint density at radius 3 is 2.14 bits per heavy atom. The van der Waals surface area contributed by atoms with Crippen LogP contribution in [0, 0.1) is 13.8 Å². The van der Waals surface area contributed by atoms with Gasteiger partial charge in [-0.2, -0.15) is 0 Å². The highest BCUT2D eigenvalue weighted by atomic mass is 15.3. The predicted molar refractivity (Wildman–Crippen MR) is 87.6 cm³/mol. The van der Waals surface area contributed by atoms with Gasteiger partial charge in [0.1, 0.15) is 0 Å². The van der Waals surface area contributed by atoms with E-state index >= 15 is 0 Å². The van der Waals surface area contributed by atoms with Gasteiger partial charge in [0.05, 0.1) is 0 Å². The molecule has 110 valence electrons. The fraction of sp³-hybridized carbons (Fsp3) is 0.389. The van der Waals surface area contributed by atoms with Crippen molar-refractivity contribution >= 4 is 5.69 Å². The highest BCUT2D eigenvalue weighted by Gasteiger charge is 2.17. The Bertz CT molecular complexity index is 566. The zero-order valence-electron chi connectivity index (χ0n) is 12.9. The normalized spacial score (nSPS) is 16.2. The van der Waals surface area contributed by atoms with Gasteiger partial charge in [0, 0.05) is 50.8 Å². The van der Waals surface area contributed by atoms with E-state index in [1.807, 2.05) is 12.4 Å². The number of anilines is 1. The lowest BCUT2D eigenvalue weighted by Crippen LogP contribution is -2.46. The number of hydrogen-bond acceptors (Lipinski definition) is 3. The van der Waals surface area contributed by atoms with Gasteiger partial charge in [-0.05, 0) is 54.8 Å². The van der Waals surface area contributed by atoms with Gasteiger partial charge in [-0.3, -0.25) is 9.88 Å². The number of hydrogen-bond donors (Lipinski definition) is 0. The molecule has 0 spiro atoms. The number of piperazine rings is 1. The van der Waals surface area contributed by atoms with Crippen LogP contribution in [0.5, 0.6) is 0 Å². The Kier molecular flexibility index (Phi) is 4.20. The van der Waals surface area contributed by atoms with Crippen LogP contribution in [0.3, 0.4) is 0 Å². The van der Waals surface area contributed by atoms with Crippen molar-refractivity contribution in [2.45, 2.75) is 20.4 Å². The summed E-state index contributed by atoms with van der Waals surface area (Å²) in [6.45, 7) is 9.84. The van der Waals surface area contributed by atoms with Crippen LogP contribution in [-0.4, -0.2) is 36.1 Å². The SMILES string of the molecule is Cc1cc(C)cc(N2CCN(Cc3ccncc3)CC2)c1. The van der Waals surface area contributed by atoms with Gasteiger partial charge < -0.3 is 4.90 Å². The van der Waals surface area contributed by atoms with Gasteiger partial charge >= 0.3 is 0 Å². The molecular weight excluding hydrogens is 258 g/mol. The first kappa shape index (κ1) is 14.1. The summed E-state index contributed by atoms with van der Waals surface area (Å²) in [5.41, 5.74) is 5.43. The molecule has 3 nitrogen and oxygen atoms in total. The highest BCUT2D eigenvalue weighted by molar-refractivity contribution is 5.51. The van der Waals surface area contributed by atoms with E-state index in [1.54, 1.807) is 0 Å². The minimum atomic E-state index is 1.03. The Hall–Kier alpha value is -1.87. The summed E-state index contributed by atoms with van der Waals surface area (Å²) >= 11 is 0. The number of pyridine rings is 1. The molecule has 0 bridgehead atoms. The average molecular weight is 281 g/mol. The van der Waals surface area contributed by atoms with E-state index in [0.29, 0.717) is 0 Å². The fourth-order valence-corrected chi connectivity index (χ4v) is 3.04. The standard InChI is InChI=1S/C18H23N3/c1-15-11-16(2)13-18(12-15)21-9-7-20(8-10-21)14-17-3-5-19-6-4-17/h3-6,11-13H,7-10,14H2,1-2H3. The van der Waals surface area contributed by atoms with Crippen molar-refractivity contribution in [2.75, 3.05) is 31.1 Å². The van der Waals surface area contributed by atoms with Crippen LogP contribution in [0.1, 0.15) is 16.7 Å². The monoisotopic (exact) mass is 281 g/mol. The molecule has 0 N–H and O–H groups in total. The first-order chi connectivity index (χ1) is 10.2. The summed E-state index contributed by atoms with van der Waals surface area (Å²) in [7, 11) is 0. The molecule has 1 saturated heterocycles. The van der Waals surface area contributed by atoms with Crippen molar-refractivity contribution in [2.24, 2.45) is 0 Å². The Morgan fingerprint density at radius 1 is 0.905 bits per heavy atom. The molecule has 0 atom stereocenters. The number of nitrogens with zero attached hydrogens (tertiary/aromatic N) is 3. The molecule has 0 unspecified atom stereocenters. The first-order valence-corrected chi connectivity index (χ1v) is 7.65. The molecule has 1 aromatic heterocycles. The zero-order valence-corrected chi connectivity index (χ0v) is 12.9. The van der Waals surface area contributed by atoms with Gasteiger partial charge in [-0.15, -0.1) is 0 Å². The van der Waals surface area contributed by atoms with Crippen LogP contribution in [-0.2, 0) is 6.54 Å². The van der Waals surface area contributed by atoms with E-state index in [0.717, 1.165) is 32.7 Å². The summed E-state index contributed by atoms with van der Waals surface area (Å²) < 4.78 is 0. The second kappa shape index (κ2) is 6.27. The van der Waals surface area contributed by atoms with Gasteiger partial charge in [-0.25, -0.2) is 0 Å². The molecule has 1 fully saturated rings. The van der Waals surface area contributed by atoms with Gasteiger partial charge in [0.15, 0.2) is 0 Å².